The normalized spacial score (nSPS) is 14.9. The van der Waals surface area contributed by atoms with Crippen molar-refractivity contribution in [3.63, 3.8) is 0 Å². The molecule has 0 aromatic heterocycles. The monoisotopic (exact) mass is 366 g/mol. The van der Waals surface area contributed by atoms with E-state index in [1.165, 1.54) is 13.8 Å². The molecule has 0 aliphatic heterocycles. The van der Waals surface area contributed by atoms with E-state index < -0.39 is 40.1 Å². The van der Waals surface area contributed by atoms with Crippen LogP contribution in [0.2, 0.25) is 0 Å². The number of hydrogen-bond acceptors (Lipinski definition) is 6. The van der Waals surface area contributed by atoms with Crippen molar-refractivity contribution < 1.29 is 24.0 Å². The van der Waals surface area contributed by atoms with Crippen molar-refractivity contribution in [2.24, 2.45) is 5.92 Å². The zero-order valence-electron chi connectivity index (χ0n) is 15.9. The van der Waals surface area contributed by atoms with E-state index in [9.17, 15) is 19.7 Å². The SMILES string of the molecule is COC(=O)[C@](C(C)C)([C@@H](NC(=O)OC(C)(C)C)c1ccccc1)[N+](=O)[O-]. The fraction of sp³-hybridized carbons (Fsp3) is 0.556. The molecule has 0 radical (unpaired) electrons. The van der Waals surface area contributed by atoms with Gasteiger partial charge in [0.05, 0.1) is 7.11 Å². The lowest BCUT2D eigenvalue weighted by Crippen LogP contribution is -2.60. The summed E-state index contributed by atoms with van der Waals surface area (Å²) in [5.74, 6) is -1.81. The van der Waals surface area contributed by atoms with Crippen LogP contribution in [0.3, 0.4) is 0 Å². The predicted molar refractivity (Wildman–Crippen MR) is 95.1 cm³/mol. The Morgan fingerprint density at radius 3 is 2.08 bits per heavy atom. The summed E-state index contributed by atoms with van der Waals surface area (Å²) in [5, 5.41) is 14.6. The molecule has 8 heteroatoms. The number of carbonyl (C=O) groups excluding carboxylic acids is 2. The van der Waals surface area contributed by atoms with Crippen molar-refractivity contribution in [1.29, 1.82) is 0 Å². The number of nitrogens with one attached hydrogen (secondary N) is 1. The molecule has 0 heterocycles. The van der Waals surface area contributed by atoms with Gasteiger partial charge in [0.25, 0.3) is 0 Å². The van der Waals surface area contributed by atoms with Gasteiger partial charge in [-0.05, 0) is 26.3 Å². The molecule has 26 heavy (non-hydrogen) atoms. The molecule has 1 N–H and O–H groups in total. The minimum Gasteiger partial charge on any atom is -0.464 e. The van der Waals surface area contributed by atoms with Gasteiger partial charge in [-0.3, -0.25) is 10.1 Å². The Hall–Kier alpha value is -2.64. The molecule has 0 fully saturated rings. The van der Waals surface area contributed by atoms with Crippen LogP contribution in [0, 0.1) is 16.0 Å². The molecule has 0 saturated carbocycles. The van der Waals surface area contributed by atoms with Crippen molar-refractivity contribution in [2.45, 2.75) is 51.8 Å². The van der Waals surface area contributed by atoms with Crippen LogP contribution in [0.15, 0.2) is 30.3 Å². The third-order valence-electron chi connectivity index (χ3n) is 3.93. The topological polar surface area (TPSA) is 108 Å². The van der Waals surface area contributed by atoms with Gasteiger partial charge in [0.1, 0.15) is 11.6 Å². The van der Waals surface area contributed by atoms with Gasteiger partial charge in [0.15, 0.2) is 0 Å². The third kappa shape index (κ3) is 4.50. The zero-order valence-corrected chi connectivity index (χ0v) is 15.9. The Bertz CT molecular complexity index is 653. The Morgan fingerprint density at radius 1 is 1.15 bits per heavy atom. The predicted octanol–water partition coefficient (Wildman–Crippen LogP) is 3.10. The lowest BCUT2D eigenvalue weighted by molar-refractivity contribution is -0.570. The second-order valence-corrected chi connectivity index (χ2v) is 7.22. The summed E-state index contributed by atoms with van der Waals surface area (Å²) in [6, 6.07) is 7.00. The molecule has 0 aliphatic rings. The number of ether oxygens (including phenoxy) is 2. The molecule has 0 saturated heterocycles. The van der Waals surface area contributed by atoms with E-state index >= 15 is 0 Å². The highest BCUT2D eigenvalue weighted by molar-refractivity contribution is 5.82. The summed E-state index contributed by atoms with van der Waals surface area (Å²) in [6.07, 6.45) is -0.859. The molecule has 144 valence electrons. The van der Waals surface area contributed by atoms with Crippen molar-refractivity contribution in [3.05, 3.63) is 46.0 Å². The van der Waals surface area contributed by atoms with Gasteiger partial charge in [0, 0.05) is 10.8 Å². The Labute approximate surface area is 153 Å². The Morgan fingerprint density at radius 2 is 1.69 bits per heavy atom. The van der Waals surface area contributed by atoms with Crippen LogP contribution < -0.4 is 5.32 Å². The molecule has 1 amide bonds. The molecule has 1 aromatic rings. The van der Waals surface area contributed by atoms with E-state index in [0.29, 0.717) is 5.56 Å². The average Bonchev–Trinajstić information content (AvgIpc) is 2.52. The first kappa shape index (κ1) is 21.4. The number of amides is 1. The quantitative estimate of drug-likeness (QED) is 0.471. The number of alkyl carbamates (subject to hydrolysis) is 1. The third-order valence-corrected chi connectivity index (χ3v) is 3.93. The van der Waals surface area contributed by atoms with Crippen LogP contribution in [0.25, 0.3) is 0 Å². The highest BCUT2D eigenvalue weighted by atomic mass is 16.6. The first-order chi connectivity index (χ1) is 12.0. The maximum Gasteiger partial charge on any atom is 0.408 e. The summed E-state index contributed by atoms with van der Waals surface area (Å²) in [7, 11) is 1.08. The second-order valence-electron chi connectivity index (χ2n) is 7.22. The highest BCUT2D eigenvalue weighted by Gasteiger charge is 2.62. The van der Waals surface area contributed by atoms with Gasteiger partial charge in [-0.15, -0.1) is 0 Å². The number of hydrogen-bond donors (Lipinski definition) is 1. The second kappa shape index (κ2) is 8.16. The van der Waals surface area contributed by atoms with Crippen LogP contribution in [-0.4, -0.2) is 35.2 Å². The number of rotatable bonds is 6. The summed E-state index contributed by atoms with van der Waals surface area (Å²) in [4.78, 5) is 36.2. The molecular formula is C18H26N2O6. The molecule has 0 aliphatic carbocycles. The number of carbonyl (C=O) groups is 2. The van der Waals surface area contributed by atoms with E-state index in [4.69, 9.17) is 9.47 Å². The van der Waals surface area contributed by atoms with E-state index in [0.717, 1.165) is 7.11 Å². The van der Waals surface area contributed by atoms with Gasteiger partial charge < -0.3 is 14.8 Å². The highest BCUT2D eigenvalue weighted by Crippen LogP contribution is 2.37. The van der Waals surface area contributed by atoms with E-state index in [-0.39, 0.29) is 0 Å². The van der Waals surface area contributed by atoms with Gasteiger partial charge in [-0.1, -0.05) is 44.2 Å². The number of nitrogens with zero attached hydrogens (tertiary/aromatic N) is 1. The van der Waals surface area contributed by atoms with Gasteiger partial charge in [-0.25, -0.2) is 9.59 Å². The molecule has 1 rings (SSSR count). The van der Waals surface area contributed by atoms with Crippen molar-refractivity contribution in [2.75, 3.05) is 7.11 Å². The van der Waals surface area contributed by atoms with Crippen molar-refractivity contribution in [3.8, 4) is 0 Å². The number of benzene rings is 1. The van der Waals surface area contributed by atoms with Gasteiger partial charge >= 0.3 is 17.6 Å². The number of esters is 1. The minimum absolute atomic E-state index is 0.397. The van der Waals surface area contributed by atoms with Crippen LogP contribution in [0.4, 0.5) is 4.79 Å². The summed E-state index contributed by atoms with van der Waals surface area (Å²) in [6.45, 7) is 8.09. The van der Waals surface area contributed by atoms with Gasteiger partial charge in [0.2, 0.25) is 0 Å². The van der Waals surface area contributed by atoms with Crippen molar-refractivity contribution in [1.82, 2.24) is 5.32 Å². The lowest BCUT2D eigenvalue weighted by atomic mass is 9.77. The van der Waals surface area contributed by atoms with Gasteiger partial charge in [-0.2, -0.15) is 0 Å². The number of nitro groups is 1. The summed E-state index contributed by atoms with van der Waals surface area (Å²) < 4.78 is 9.98. The molecular weight excluding hydrogens is 340 g/mol. The molecule has 0 unspecified atom stereocenters. The van der Waals surface area contributed by atoms with E-state index in [1.807, 2.05) is 0 Å². The zero-order chi connectivity index (χ0) is 20.1. The maximum atomic E-state index is 12.5. The molecule has 0 spiro atoms. The fourth-order valence-electron chi connectivity index (χ4n) is 2.76. The maximum absolute atomic E-state index is 12.5. The average molecular weight is 366 g/mol. The van der Waals surface area contributed by atoms with E-state index in [1.54, 1.807) is 51.1 Å². The fourth-order valence-corrected chi connectivity index (χ4v) is 2.76. The standard InChI is InChI=1S/C18H26N2O6/c1-12(2)18(20(23)24,15(21)25-6)14(13-10-8-7-9-11-13)19-16(22)26-17(3,4)5/h7-12,14H,1-6H3,(H,19,22)/t14-,18-/m0/s1. The van der Waals surface area contributed by atoms with E-state index in [2.05, 4.69) is 5.32 Å². The Balaban J connectivity index is 3.52. The molecule has 8 nitrogen and oxygen atoms in total. The summed E-state index contributed by atoms with van der Waals surface area (Å²) in [5.41, 5.74) is -2.62. The van der Waals surface area contributed by atoms with Crippen LogP contribution in [0.5, 0.6) is 0 Å². The van der Waals surface area contributed by atoms with Crippen LogP contribution in [0.1, 0.15) is 46.2 Å². The Kier molecular flexibility index (Phi) is 6.72. The molecule has 2 atom stereocenters. The first-order valence-electron chi connectivity index (χ1n) is 8.24. The number of methoxy groups -OCH3 is 1. The lowest BCUT2D eigenvalue weighted by Gasteiger charge is -2.34. The van der Waals surface area contributed by atoms with Crippen molar-refractivity contribution >= 4 is 12.1 Å². The summed E-state index contributed by atoms with van der Waals surface area (Å²) >= 11 is 0. The molecule has 1 aromatic carbocycles. The van der Waals surface area contributed by atoms with Crippen LogP contribution >= 0.6 is 0 Å². The largest absolute Gasteiger partial charge is 0.464 e. The van der Waals surface area contributed by atoms with Crippen LogP contribution in [-0.2, 0) is 14.3 Å². The molecule has 0 bridgehead atoms. The first-order valence-corrected chi connectivity index (χ1v) is 8.24. The minimum atomic E-state index is -2.22. The smallest absolute Gasteiger partial charge is 0.408 e.